The van der Waals surface area contributed by atoms with Gasteiger partial charge in [-0.3, -0.25) is 12.8 Å². The van der Waals surface area contributed by atoms with Gasteiger partial charge in [0, 0.05) is 23.1 Å². The number of carbonyl (C=O) groups is 4. The third-order valence-corrected chi connectivity index (χ3v) is 3.48. The molecule has 0 bridgehead atoms. The first-order valence-corrected chi connectivity index (χ1v) is 10.9. The predicted octanol–water partition coefficient (Wildman–Crippen LogP) is 4.60. The van der Waals surface area contributed by atoms with Crippen LogP contribution in [0, 0.1) is 34.5 Å². The van der Waals surface area contributed by atoms with E-state index in [1.807, 2.05) is 83.1 Å². The van der Waals surface area contributed by atoms with Crippen LogP contribution in [-0.2, 0) is 44.5 Å². The Kier molecular flexibility index (Phi) is 13.9. The van der Waals surface area contributed by atoms with Gasteiger partial charge in [-0.2, -0.15) is 0 Å². The fourth-order valence-electron chi connectivity index (χ4n) is 1.10. The first-order valence-electron chi connectivity index (χ1n) is 9.30. The summed E-state index contributed by atoms with van der Waals surface area (Å²) in [5.41, 5.74) is -1.83. The minimum absolute atomic E-state index is 0.104. The van der Waals surface area contributed by atoms with Crippen molar-refractivity contribution in [1.82, 2.24) is 0 Å². The van der Waals surface area contributed by atoms with E-state index in [-0.39, 0.29) is 23.1 Å². The summed E-state index contributed by atoms with van der Waals surface area (Å²) in [6.07, 6.45) is 2.44. The molecular weight excluding hydrogens is 456 g/mol. The third-order valence-electron chi connectivity index (χ3n) is 3.48. The van der Waals surface area contributed by atoms with Gasteiger partial charge in [0.15, 0.2) is 0 Å². The normalized spacial score (nSPS) is 11.4. The Labute approximate surface area is 185 Å². The molecule has 29 heavy (non-hydrogen) atoms. The van der Waals surface area contributed by atoms with Crippen molar-refractivity contribution in [2.24, 2.45) is 21.7 Å². The van der Waals surface area contributed by atoms with E-state index in [4.69, 9.17) is 6.80 Å². The molecule has 0 fully saturated rings. The second-order valence-corrected chi connectivity index (χ2v) is 11.1. The molecule has 0 aliphatic rings. The molecule has 0 aliphatic carbocycles. The van der Waals surface area contributed by atoms with E-state index in [1.165, 1.54) is 12.8 Å². The molecular formula is C22H38MoO6. The molecule has 0 aliphatic heterocycles. The van der Waals surface area contributed by atoms with Crippen LogP contribution < -0.4 is 0 Å². The summed E-state index contributed by atoms with van der Waals surface area (Å²) in [6, 6.07) is 0. The number of Topliss-reactive ketones (excluding diaryl/α,β-unsaturated/α-hetero) is 4. The van der Waals surface area contributed by atoms with Gasteiger partial charge in [0.2, 0.25) is 0 Å². The quantitative estimate of drug-likeness (QED) is 0.322. The topological polar surface area (TPSA) is 102 Å². The van der Waals surface area contributed by atoms with Crippen molar-refractivity contribution in [2.75, 3.05) is 0 Å². The maximum absolute atomic E-state index is 11.4. The fourth-order valence-corrected chi connectivity index (χ4v) is 1.10. The van der Waals surface area contributed by atoms with E-state index in [0.29, 0.717) is 0 Å². The second kappa shape index (κ2) is 12.4. The van der Waals surface area contributed by atoms with Gasteiger partial charge in [0.25, 0.3) is 0 Å². The molecule has 7 heteroatoms. The van der Waals surface area contributed by atoms with E-state index >= 15 is 0 Å². The average Bonchev–Trinajstić information content (AvgIpc) is 2.44. The van der Waals surface area contributed by atoms with Crippen molar-refractivity contribution < 1.29 is 44.5 Å². The molecule has 6 nitrogen and oxygen atoms in total. The zero-order chi connectivity index (χ0) is 24.4. The van der Waals surface area contributed by atoms with Crippen molar-refractivity contribution in [1.29, 1.82) is 0 Å². The molecule has 0 unspecified atom stereocenters. The number of hydrogen-bond acceptors (Lipinski definition) is 6. The van der Waals surface area contributed by atoms with Crippen LogP contribution in [0.3, 0.4) is 0 Å². The van der Waals surface area contributed by atoms with E-state index in [0.717, 1.165) is 0 Å². The van der Waals surface area contributed by atoms with Crippen LogP contribution in [0.2, 0.25) is 0 Å². The zero-order valence-corrected chi connectivity index (χ0v) is 22.0. The molecule has 0 aromatic rings. The standard InChI is InChI=1S/2C11H19O2.Mo.2O/c2*1-10(2,3)8(12)7-9(13)11(4,5)6;;;/h2*7H,1-6H3;;;/q2*-1;+2;;. The minimum atomic E-state index is -2.03. The van der Waals surface area contributed by atoms with Crippen molar-refractivity contribution in [3.63, 3.8) is 0 Å². The van der Waals surface area contributed by atoms with Crippen LogP contribution in [0.1, 0.15) is 83.1 Å². The Morgan fingerprint density at radius 2 is 0.552 bits per heavy atom. The Bertz CT molecular complexity index is 516. The predicted molar refractivity (Wildman–Crippen MR) is 108 cm³/mol. The second-order valence-electron chi connectivity index (χ2n) is 10.8. The van der Waals surface area contributed by atoms with E-state index in [2.05, 4.69) is 0 Å². The van der Waals surface area contributed by atoms with Gasteiger partial charge in [0.1, 0.15) is 0 Å². The summed E-state index contributed by atoms with van der Waals surface area (Å²) in [5, 5.41) is 0. The molecule has 0 saturated carbocycles. The Hall–Kier alpha value is -1.29. The first-order chi connectivity index (χ1) is 12.5. The van der Waals surface area contributed by atoms with Gasteiger partial charge in [-0.1, -0.05) is 83.1 Å². The molecule has 0 spiro atoms. The summed E-state index contributed by atoms with van der Waals surface area (Å²) < 4.78 is 17.0. The van der Waals surface area contributed by atoms with Crippen molar-refractivity contribution in [3.05, 3.63) is 12.8 Å². The Morgan fingerprint density at radius 1 is 0.448 bits per heavy atom. The molecule has 0 aromatic heterocycles. The fraction of sp³-hybridized carbons (Fsp3) is 0.727. The van der Waals surface area contributed by atoms with Crippen LogP contribution in [0.15, 0.2) is 0 Å². The van der Waals surface area contributed by atoms with Crippen molar-refractivity contribution in [2.45, 2.75) is 83.1 Å². The number of ketones is 4. The van der Waals surface area contributed by atoms with Crippen LogP contribution in [-0.4, -0.2) is 23.1 Å². The molecule has 0 rings (SSSR count). The third kappa shape index (κ3) is 17.3. The van der Waals surface area contributed by atoms with Crippen LogP contribution in [0.5, 0.6) is 0 Å². The van der Waals surface area contributed by atoms with Crippen LogP contribution >= 0.6 is 0 Å². The molecule has 0 amide bonds. The Balaban J connectivity index is -0.000000410. The maximum atomic E-state index is 11.4. The van der Waals surface area contributed by atoms with Crippen molar-refractivity contribution >= 4 is 23.1 Å². The van der Waals surface area contributed by atoms with E-state index in [9.17, 15) is 19.2 Å². The average molecular weight is 494 g/mol. The molecule has 168 valence electrons. The van der Waals surface area contributed by atoms with Gasteiger partial charge < -0.3 is 19.2 Å². The zero-order valence-electron chi connectivity index (χ0n) is 20.0. The summed E-state index contributed by atoms with van der Waals surface area (Å²) in [6.45, 7) is 21.7. The monoisotopic (exact) mass is 496 g/mol. The van der Waals surface area contributed by atoms with Crippen molar-refractivity contribution in [3.8, 4) is 0 Å². The molecule has 0 atom stereocenters. The molecule has 0 aromatic carbocycles. The molecule has 0 N–H and O–H groups in total. The van der Waals surface area contributed by atoms with Gasteiger partial charge in [0.05, 0.1) is 0 Å². The molecule has 0 saturated heterocycles. The van der Waals surface area contributed by atoms with Gasteiger partial charge in [-0.25, -0.2) is 0 Å². The SMILES string of the molecule is CC(C)(C)C(=O)[CH-]C(=O)C(C)(C)C.CC(C)(C)C(=O)[CH-]C(=O)C(C)(C)C.[O]=[Mo+2]=[O]. The van der Waals surface area contributed by atoms with Gasteiger partial charge in [-0.05, 0) is 21.7 Å². The Morgan fingerprint density at radius 3 is 0.621 bits per heavy atom. The summed E-state index contributed by atoms with van der Waals surface area (Å²) >= 11 is -2.03. The van der Waals surface area contributed by atoms with Gasteiger partial charge in [-0.15, -0.1) is 0 Å². The first kappa shape index (κ1) is 32.4. The van der Waals surface area contributed by atoms with Crippen LogP contribution in [0.25, 0.3) is 0 Å². The number of rotatable bonds is 4. The summed E-state index contributed by atoms with van der Waals surface area (Å²) in [4.78, 5) is 45.8. The van der Waals surface area contributed by atoms with Gasteiger partial charge >= 0.3 is 25.3 Å². The van der Waals surface area contributed by atoms with E-state index < -0.39 is 40.1 Å². The summed E-state index contributed by atoms with van der Waals surface area (Å²) in [7, 11) is 0. The summed E-state index contributed by atoms with van der Waals surface area (Å²) in [5.74, 6) is -0.417. The van der Waals surface area contributed by atoms with E-state index in [1.54, 1.807) is 0 Å². The number of carbonyl (C=O) groups excluding carboxylic acids is 4. The molecule has 0 radical (unpaired) electrons. The van der Waals surface area contributed by atoms with Crippen LogP contribution in [0.4, 0.5) is 0 Å². The molecule has 0 heterocycles. The number of hydrogen-bond donors (Lipinski definition) is 0.